The topological polar surface area (TPSA) is 0 Å². The fourth-order valence-corrected chi connectivity index (χ4v) is 1.15. The molecule has 0 aromatic rings. The average molecular weight is 180 g/mol. The first-order chi connectivity index (χ1) is 5.39. The van der Waals surface area contributed by atoms with Gasteiger partial charge in [-0.3, -0.25) is 0 Å². The second kappa shape index (κ2) is 2.92. The summed E-state index contributed by atoms with van der Waals surface area (Å²) in [6, 6.07) is 0. The third-order valence-corrected chi connectivity index (χ3v) is 1.71. The first-order valence-corrected chi connectivity index (χ1v) is 3.51. The van der Waals surface area contributed by atoms with Crippen molar-refractivity contribution in [2.45, 2.75) is 19.5 Å². The molecule has 1 unspecified atom stereocenters. The molecule has 12 heavy (non-hydrogen) atoms. The highest BCUT2D eigenvalue weighted by atomic mass is 19.4. The van der Waals surface area contributed by atoms with E-state index in [0.717, 1.165) is 6.08 Å². The summed E-state index contributed by atoms with van der Waals surface area (Å²) in [5.74, 6) is -2.44. The van der Waals surface area contributed by atoms with Gasteiger partial charge in [-0.1, -0.05) is 5.57 Å². The molecule has 1 rings (SSSR count). The van der Waals surface area contributed by atoms with E-state index < -0.39 is 17.9 Å². The van der Waals surface area contributed by atoms with E-state index in [1.807, 2.05) is 0 Å². The molecule has 0 aromatic heterocycles. The molecule has 0 amide bonds. The maximum Gasteiger partial charge on any atom is 0.395 e. The highest BCUT2D eigenvalue weighted by Crippen LogP contribution is 2.35. The summed E-state index contributed by atoms with van der Waals surface area (Å²) in [7, 11) is 0. The van der Waals surface area contributed by atoms with Crippen molar-refractivity contribution < 1.29 is 17.6 Å². The standard InChI is InChI=1S/C8H8F4/c1-5-2-6(8(10,11)12)4-7(9)3-5/h3-4,6H,2H2,1H3. The lowest BCUT2D eigenvalue weighted by Crippen LogP contribution is -2.22. The number of hydrogen-bond donors (Lipinski definition) is 0. The molecule has 0 saturated heterocycles. The number of allylic oxidation sites excluding steroid dienone is 4. The van der Waals surface area contributed by atoms with Gasteiger partial charge < -0.3 is 0 Å². The summed E-state index contributed by atoms with van der Waals surface area (Å²) in [6.45, 7) is 1.49. The van der Waals surface area contributed by atoms with Gasteiger partial charge in [-0.05, 0) is 25.5 Å². The number of rotatable bonds is 0. The predicted molar refractivity (Wildman–Crippen MR) is 37.1 cm³/mol. The Balaban J connectivity index is 2.81. The first kappa shape index (κ1) is 9.29. The second-order valence-electron chi connectivity index (χ2n) is 2.89. The molecular formula is C8H8F4. The number of halogens is 4. The van der Waals surface area contributed by atoms with Gasteiger partial charge in [0.1, 0.15) is 5.83 Å². The van der Waals surface area contributed by atoms with Crippen LogP contribution in [0.15, 0.2) is 23.6 Å². The maximum absolute atomic E-state index is 12.5. The molecule has 0 radical (unpaired) electrons. The Bertz CT molecular complexity index is 234. The van der Waals surface area contributed by atoms with Crippen LogP contribution in [0.3, 0.4) is 0 Å². The van der Waals surface area contributed by atoms with Crippen LogP contribution in [0.4, 0.5) is 17.6 Å². The molecule has 0 saturated carbocycles. The third kappa shape index (κ3) is 2.09. The third-order valence-electron chi connectivity index (χ3n) is 1.71. The quantitative estimate of drug-likeness (QED) is 0.501. The molecule has 1 aliphatic rings. The van der Waals surface area contributed by atoms with Gasteiger partial charge in [0.25, 0.3) is 0 Å². The van der Waals surface area contributed by atoms with E-state index in [4.69, 9.17) is 0 Å². The minimum Gasteiger partial charge on any atom is -0.207 e. The minimum absolute atomic E-state index is 0.128. The normalized spacial score (nSPS) is 24.9. The second-order valence-corrected chi connectivity index (χ2v) is 2.89. The smallest absolute Gasteiger partial charge is 0.207 e. The van der Waals surface area contributed by atoms with Gasteiger partial charge in [-0.15, -0.1) is 0 Å². The molecule has 4 heteroatoms. The van der Waals surface area contributed by atoms with Crippen molar-refractivity contribution in [2.24, 2.45) is 5.92 Å². The first-order valence-electron chi connectivity index (χ1n) is 3.51. The Morgan fingerprint density at radius 2 is 2.00 bits per heavy atom. The summed E-state index contributed by atoms with van der Waals surface area (Å²) in [5.41, 5.74) is 0.428. The van der Waals surface area contributed by atoms with Crippen molar-refractivity contribution in [3.8, 4) is 0 Å². The SMILES string of the molecule is CC1=CC(F)=CC(C(F)(F)F)C1. The Kier molecular flexibility index (Phi) is 2.26. The fourth-order valence-electron chi connectivity index (χ4n) is 1.15. The largest absolute Gasteiger partial charge is 0.395 e. The molecular weight excluding hydrogens is 172 g/mol. The highest BCUT2D eigenvalue weighted by Gasteiger charge is 2.39. The monoisotopic (exact) mass is 180 g/mol. The fraction of sp³-hybridized carbons (Fsp3) is 0.500. The molecule has 0 nitrogen and oxygen atoms in total. The molecule has 0 aromatic carbocycles. The zero-order valence-electron chi connectivity index (χ0n) is 6.45. The van der Waals surface area contributed by atoms with Crippen LogP contribution in [0.5, 0.6) is 0 Å². The molecule has 0 bridgehead atoms. The van der Waals surface area contributed by atoms with Crippen molar-refractivity contribution in [2.75, 3.05) is 0 Å². The summed E-state index contributed by atoms with van der Waals surface area (Å²) in [5, 5.41) is 0. The predicted octanol–water partition coefficient (Wildman–Crippen LogP) is 3.37. The summed E-state index contributed by atoms with van der Waals surface area (Å²) in [4.78, 5) is 0. The molecule has 0 fully saturated rings. The summed E-state index contributed by atoms with van der Waals surface area (Å²) < 4.78 is 48.6. The van der Waals surface area contributed by atoms with Crippen molar-refractivity contribution >= 4 is 0 Å². The average Bonchev–Trinajstić information content (AvgIpc) is 1.82. The Hall–Kier alpha value is -0.800. The van der Waals surface area contributed by atoms with E-state index in [9.17, 15) is 17.6 Å². The lowest BCUT2D eigenvalue weighted by molar-refractivity contribution is -0.161. The Morgan fingerprint density at radius 3 is 2.42 bits per heavy atom. The van der Waals surface area contributed by atoms with Crippen LogP contribution in [0.1, 0.15) is 13.3 Å². The van der Waals surface area contributed by atoms with Gasteiger partial charge in [-0.2, -0.15) is 13.2 Å². The van der Waals surface area contributed by atoms with Crippen LogP contribution >= 0.6 is 0 Å². The molecule has 68 valence electrons. The molecule has 0 spiro atoms. The zero-order valence-corrected chi connectivity index (χ0v) is 6.45. The van der Waals surface area contributed by atoms with E-state index >= 15 is 0 Å². The van der Waals surface area contributed by atoms with Crippen molar-refractivity contribution in [1.29, 1.82) is 0 Å². The van der Waals surface area contributed by atoms with E-state index in [-0.39, 0.29) is 6.42 Å². The van der Waals surface area contributed by atoms with Gasteiger partial charge in [0.2, 0.25) is 0 Å². The highest BCUT2D eigenvalue weighted by molar-refractivity contribution is 5.24. The van der Waals surface area contributed by atoms with Crippen LogP contribution in [0, 0.1) is 5.92 Å². The van der Waals surface area contributed by atoms with Gasteiger partial charge in [0, 0.05) is 0 Å². The lowest BCUT2D eigenvalue weighted by Gasteiger charge is -2.19. The molecule has 0 aliphatic heterocycles. The zero-order chi connectivity index (χ0) is 9.35. The summed E-state index contributed by atoms with van der Waals surface area (Å²) >= 11 is 0. The van der Waals surface area contributed by atoms with Gasteiger partial charge in [0.15, 0.2) is 0 Å². The lowest BCUT2D eigenvalue weighted by atomic mass is 9.94. The molecule has 0 N–H and O–H groups in total. The van der Waals surface area contributed by atoms with Crippen molar-refractivity contribution in [3.63, 3.8) is 0 Å². The Labute approximate surface area is 67.6 Å². The van der Waals surface area contributed by atoms with Crippen molar-refractivity contribution in [3.05, 3.63) is 23.6 Å². The molecule has 1 aliphatic carbocycles. The molecule has 1 atom stereocenters. The minimum atomic E-state index is -4.33. The van der Waals surface area contributed by atoms with Gasteiger partial charge >= 0.3 is 6.18 Å². The van der Waals surface area contributed by atoms with E-state index in [0.29, 0.717) is 11.6 Å². The van der Waals surface area contributed by atoms with E-state index in [1.165, 1.54) is 6.92 Å². The van der Waals surface area contributed by atoms with E-state index in [2.05, 4.69) is 0 Å². The maximum atomic E-state index is 12.5. The van der Waals surface area contributed by atoms with Crippen molar-refractivity contribution in [1.82, 2.24) is 0 Å². The van der Waals surface area contributed by atoms with Gasteiger partial charge in [-0.25, -0.2) is 4.39 Å². The van der Waals surface area contributed by atoms with Crippen LogP contribution in [0.2, 0.25) is 0 Å². The van der Waals surface area contributed by atoms with Crippen LogP contribution in [-0.2, 0) is 0 Å². The van der Waals surface area contributed by atoms with Crippen LogP contribution < -0.4 is 0 Å². The number of hydrogen-bond acceptors (Lipinski definition) is 0. The van der Waals surface area contributed by atoms with Crippen LogP contribution in [0.25, 0.3) is 0 Å². The summed E-state index contributed by atoms with van der Waals surface area (Å²) in [6.07, 6.45) is -2.71. The Morgan fingerprint density at radius 1 is 1.42 bits per heavy atom. The molecule has 0 heterocycles. The number of alkyl halides is 3. The van der Waals surface area contributed by atoms with Gasteiger partial charge in [0.05, 0.1) is 5.92 Å². The van der Waals surface area contributed by atoms with E-state index in [1.54, 1.807) is 0 Å². The van der Waals surface area contributed by atoms with Crippen LogP contribution in [-0.4, -0.2) is 6.18 Å².